The van der Waals surface area contributed by atoms with Crippen LogP contribution in [0.3, 0.4) is 0 Å². The Morgan fingerprint density at radius 3 is 2.27 bits per heavy atom. The van der Waals surface area contributed by atoms with Crippen molar-refractivity contribution in [2.75, 3.05) is 0 Å². The Bertz CT molecular complexity index is 551. The van der Waals surface area contributed by atoms with Crippen LogP contribution in [0.1, 0.15) is 66.0 Å². The van der Waals surface area contributed by atoms with Gasteiger partial charge in [-0.2, -0.15) is 0 Å². The van der Waals surface area contributed by atoms with Gasteiger partial charge in [0.05, 0.1) is 17.3 Å². The average Bonchev–Trinajstić information content (AvgIpc) is 3.17. The van der Waals surface area contributed by atoms with Crippen LogP contribution in [0.25, 0.3) is 0 Å². The molecule has 1 aromatic rings. The van der Waals surface area contributed by atoms with Crippen molar-refractivity contribution in [3.8, 4) is 5.75 Å². The SMILES string of the molecule is CC(C)c1nccc(OC2CC2)c1B1OC(C)(C)C(C)(C)O1. The highest BCUT2D eigenvalue weighted by molar-refractivity contribution is 6.63. The number of nitrogens with zero attached hydrogens (tertiary/aromatic N) is 1. The number of rotatable bonds is 4. The lowest BCUT2D eigenvalue weighted by molar-refractivity contribution is 0.00578. The van der Waals surface area contributed by atoms with Crippen LogP contribution in [0.5, 0.6) is 5.75 Å². The van der Waals surface area contributed by atoms with E-state index in [1.807, 2.05) is 12.3 Å². The number of hydrogen-bond donors (Lipinski definition) is 0. The van der Waals surface area contributed by atoms with Crippen LogP contribution in [0.2, 0.25) is 0 Å². The highest BCUT2D eigenvalue weighted by Crippen LogP contribution is 2.38. The Balaban J connectivity index is 2.01. The quantitative estimate of drug-likeness (QED) is 0.802. The van der Waals surface area contributed by atoms with Crippen LogP contribution in [0.15, 0.2) is 12.3 Å². The molecule has 0 aromatic carbocycles. The van der Waals surface area contributed by atoms with Crippen molar-refractivity contribution in [1.29, 1.82) is 0 Å². The van der Waals surface area contributed by atoms with Crippen molar-refractivity contribution >= 4 is 12.6 Å². The summed E-state index contributed by atoms with van der Waals surface area (Å²) in [5, 5.41) is 0. The van der Waals surface area contributed by atoms with Crippen LogP contribution < -0.4 is 10.2 Å². The lowest BCUT2D eigenvalue weighted by Gasteiger charge is -2.32. The molecule has 3 rings (SSSR count). The molecule has 1 saturated carbocycles. The van der Waals surface area contributed by atoms with E-state index in [9.17, 15) is 0 Å². The van der Waals surface area contributed by atoms with E-state index in [1.165, 1.54) is 0 Å². The van der Waals surface area contributed by atoms with E-state index in [0.29, 0.717) is 6.10 Å². The smallest absolute Gasteiger partial charge is 0.491 e. The summed E-state index contributed by atoms with van der Waals surface area (Å²) >= 11 is 0. The van der Waals surface area contributed by atoms with Crippen molar-refractivity contribution in [2.45, 2.75) is 77.6 Å². The predicted octanol–water partition coefficient (Wildman–Crippen LogP) is 3.05. The summed E-state index contributed by atoms with van der Waals surface area (Å²) in [6.07, 6.45) is 4.41. The van der Waals surface area contributed by atoms with Crippen molar-refractivity contribution < 1.29 is 14.0 Å². The van der Waals surface area contributed by atoms with Gasteiger partial charge >= 0.3 is 7.12 Å². The highest BCUT2D eigenvalue weighted by atomic mass is 16.7. The molecule has 1 saturated heterocycles. The first kappa shape index (κ1) is 15.8. The minimum atomic E-state index is -0.426. The Morgan fingerprint density at radius 1 is 1.18 bits per heavy atom. The second-order valence-electron chi connectivity index (χ2n) is 7.67. The third-order valence-electron chi connectivity index (χ3n) is 4.83. The Hall–Kier alpha value is -1.07. The molecule has 120 valence electrons. The highest BCUT2D eigenvalue weighted by Gasteiger charge is 2.53. The van der Waals surface area contributed by atoms with Crippen molar-refractivity contribution in [1.82, 2.24) is 4.98 Å². The first-order chi connectivity index (χ1) is 10.2. The molecule has 0 unspecified atom stereocenters. The number of pyridine rings is 1. The van der Waals surface area contributed by atoms with Crippen molar-refractivity contribution in [3.63, 3.8) is 0 Å². The summed E-state index contributed by atoms with van der Waals surface area (Å²) in [5.41, 5.74) is 1.23. The van der Waals surface area contributed by atoms with Gasteiger partial charge in [-0.05, 0) is 52.5 Å². The molecule has 5 heteroatoms. The number of aromatic nitrogens is 1. The maximum Gasteiger partial charge on any atom is 0.500 e. The normalized spacial score (nSPS) is 23.1. The van der Waals surface area contributed by atoms with Crippen molar-refractivity contribution in [3.05, 3.63) is 18.0 Å². The van der Waals surface area contributed by atoms with Gasteiger partial charge in [-0.3, -0.25) is 4.98 Å². The van der Waals surface area contributed by atoms with E-state index in [0.717, 1.165) is 29.7 Å². The zero-order valence-electron chi connectivity index (χ0n) is 14.5. The second-order valence-corrected chi connectivity index (χ2v) is 7.67. The summed E-state index contributed by atoms with van der Waals surface area (Å²) in [4.78, 5) is 4.57. The minimum Gasteiger partial charge on any atom is -0.491 e. The van der Waals surface area contributed by atoms with Gasteiger partial charge in [-0.1, -0.05) is 13.8 Å². The predicted molar refractivity (Wildman–Crippen MR) is 87.7 cm³/mol. The fourth-order valence-electron chi connectivity index (χ4n) is 2.60. The standard InChI is InChI=1S/C17H26BNO3/c1-11(2)15-14(13(9-10-19-15)20-12-7-8-12)18-21-16(3,4)17(5,6)22-18/h9-12H,7-8H2,1-6H3. The first-order valence-corrected chi connectivity index (χ1v) is 8.22. The van der Waals surface area contributed by atoms with Gasteiger partial charge < -0.3 is 14.0 Å². The molecule has 0 atom stereocenters. The molecule has 4 nitrogen and oxygen atoms in total. The van der Waals surface area contributed by atoms with Crippen LogP contribution in [-0.2, 0) is 9.31 Å². The number of ether oxygens (including phenoxy) is 1. The fourth-order valence-corrected chi connectivity index (χ4v) is 2.60. The van der Waals surface area contributed by atoms with E-state index < -0.39 is 7.12 Å². The van der Waals surface area contributed by atoms with Crippen LogP contribution in [-0.4, -0.2) is 29.4 Å². The van der Waals surface area contributed by atoms with Crippen LogP contribution in [0.4, 0.5) is 0 Å². The van der Waals surface area contributed by atoms with Gasteiger partial charge in [0.15, 0.2) is 0 Å². The molecule has 0 spiro atoms. The number of hydrogen-bond acceptors (Lipinski definition) is 4. The molecule has 2 heterocycles. The zero-order chi connectivity index (χ0) is 16.1. The second kappa shape index (κ2) is 5.24. The first-order valence-electron chi connectivity index (χ1n) is 8.22. The van der Waals surface area contributed by atoms with Gasteiger partial charge in [0.1, 0.15) is 5.75 Å². The Morgan fingerprint density at radius 2 is 1.77 bits per heavy atom. The summed E-state index contributed by atoms with van der Waals surface area (Å²) in [5.74, 6) is 1.15. The van der Waals surface area contributed by atoms with E-state index in [2.05, 4.69) is 46.5 Å². The zero-order valence-corrected chi connectivity index (χ0v) is 14.5. The molecule has 1 aliphatic carbocycles. The van der Waals surface area contributed by atoms with Crippen molar-refractivity contribution in [2.24, 2.45) is 0 Å². The van der Waals surface area contributed by atoms with Gasteiger partial charge in [-0.25, -0.2) is 0 Å². The monoisotopic (exact) mass is 303 g/mol. The van der Waals surface area contributed by atoms with Crippen LogP contribution >= 0.6 is 0 Å². The molecule has 22 heavy (non-hydrogen) atoms. The molecule has 0 amide bonds. The Labute approximate surface area is 133 Å². The summed E-state index contributed by atoms with van der Waals surface area (Å²) < 4.78 is 18.6. The summed E-state index contributed by atoms with van der Waals surface area (Å²) in [6, 6.07) is 1.94. The lowest BCUT2D eigenvalue weighted by Crippen LogP contribution is -2.41. The van der Waals surface area contributed by atoms with Gasteiger partial charge in [0, 0.05) is 17.4 Å². The van der Waals surface area contributed by atoms with E-state index in [-0.39, 0.29) is 17.1 Å². The van der Waals surface area contributed by atoms with E-state index >= 15 is 0 Å². The third-order valence-corrected chi connectivity index (χ3v) is 4.83. The molecule has 1 aromatic heterocycles. The lowest BCUT2D eigenvalue weighted by atomic mass is 9.75. The third kappa shape index (κ3) is 2.76. The molecular formula is C17H26BNO3. The molecule has 2 aliphatic rings. The van der Waals surface area contributed by atoms with E-state index in [1.54, 1.807) is 0 Å². The maximum atomic E-state index is 6.24. The molecule has 1 aliphatic heterocycles. The van der Waals surface area contributed by atoms with Gasteiger partial charge in [0.25, 0.3) is 0 Å². The summed E-state index contributed by atoms with van der Waals surface area (Å²) in [7, 11) is -0.426. The Kier molecular flexibility index (Phi) is 3.77. The topological polar surface area (TPSA) is 40.6 Å². The average molecular weight is 303 g/mol. The molecular weight excluding hydrogens is 277 g/mol. The van der Waals surface area contributed by atoms with Gasteiger partial charge in [-0.15, -0.1) is 0 Å². The fraction of sp³-hybridized carbons (Fsp3) is 0.706. The molecule has 0 N–H and O–H groups in total. The van der Waals surface area contributed by atoms with Crippen LogP contribution in [0, 0.1) is 0 Å². The molecule has 2 fully saturated rings. The minimum absolute atomic E-state index is 0.289. The largest absolute Gasteiger partial charge is 0.500 e. The summed E-state index contributed by atoms with van der Waals surface area (Å²) in [6.45, 7) is 12.6. The maximum absolute atomic E-state index is 6.24. The molecule has 0 radical (unpaired) electrons. The molecule has 0 bridgehead atoms. The van der Waals surface area contributed by atoms with E-state index in [4.69, 9.17) is 14.0 Å². The van der Waals surface area contributed by atoms with Gasteiger partial charge in [0.2, 0.25) is 0 Å².